The molecule has 3 heterocycles. The van der Waals surface area contributed by atoms with Crippen LogP contribution in [0.2, 0.25) is 5.02 Å². The molecule has 0 N–H and O–H groups in total. The molecule has 2 aromatic carbocycles. The second-order valence-corrected chi connectivity index (χ2v) is 8.54. The van der Waals surface area contributed by atoms with Crippen LogP contribution >= 0.6 is 11.6 Å². The van der Waals surface area contributed by atoms with Gasteiger partial charge >= 0.3 is 0 Å². The highest BCUT2D eigenvalue weighted by molar-refractivity contribution is 6.31. The van der Waals surface area contributed by atoms with Crippen LogP contribution in [0.25, 0.3) is 11.0 Å². The van der Waals surface area contributed by atoms with Gasteiger partial charge in [0, 0.05) is 10.7 Å². The fourth-order valence-corrected chi connectivity index (χ4v) is 4.57. The molecule has 1 atom stereocenters. The third-order valence-electron chi connectivity index (χ3n) is 5.84. The molecule has 8 heteroatoms. The van der Waals surface area contributed by atoms with Crippen molar-refractivity contribution in [3.05, 3.63) is 92.4 Å². The molecular weight excluding hydrogens is 468 g/mol. The maximum absolute atomic E-state index is 13.8. The average molecular weight is 491 g/mol. The van der Waals surface area contributed by atoms with Crippen LogP contribution in [-0.2, 0) is 0 Å². The van der Waals surface area contributed by atoms with Gasteiger partial charge in [-0.05, 0) is 68.8 Å². The fourth-order valence-electron chi connectivity index (χ4n) is 4.40. The summed E-state index contributed by atoms with van der Waals surface area (Å²) in [5.41, 5.74) is 1.62. The van der Waals surface area contributed by atoms with E-state index in [-0.39, 0.29) is 16.8 Å². The van der Waals surface area contributed by atoms with Crippen LogP contribution in [0.15, 0.2) is 63.8 Å². The van der Waals surface area contributed by atoms with Crippen LogP contribution in [0, 0.1) is 6.92 Å². The molecule has 178 valence electrons. The van der Waals surface area contributed by atoms with Gasteiger partial charge in [-0.15, -0.1) is 0 Å². The Bertz CT molecular complexity index is 1510. The van der Waals surface area contributed by atoms with E-state index in [0.717, 1.165) is 5.69 Å². The van der Waals surface area contributed by atoms with E-state index in [4.69, 9.17) is 25.5 Å². The van der Waals surface area contributed by atoms with E-state index in [9.17, 15) is 9.59 Å². The largest absolute Gasteiger partial charge is 0.490 e. The van der Waals surface area contributed by atoms with Crippen molar-refractivity contribution >= 4 is 34.3 Å². The first kappa shape index (κ1) is 22.9. The average Bonchev–Trinajstić information content (AvgIpc) is 3.13. The lowest BCUT2D eigenvalue weighted by molar-refractivity contribution is 0.0970. The molecule has 35 heavy (non-hydrogen) atoms. The van der Waals surface area contributed by atoms with Crippen molar-refractivity contribution in [2.24, 2.45) is 0 Å². The molecule has 0 radical (unpaired) electrons. The third-order valence-corrected chi connectivity index (χ3v) is 6.07. The van der Waals surface area contributed by atoms with Crippen molar-refractivity contribution in [3.63, 3.8) is 0 Å². The Morgan fingerprint density at radius 1 is 1.00 bits per heavy atom. The fraction of sp³-hybridized carbons (Fsp3) is 0.222. The molecule has 0 saturated heterocycles. The molecule has 0 spiro atoms. The van der Waals surface area contributed by atoms with Crippen molar-refractivity contribution in [2.75, 3.05) is 18.1 Å². The Balaban J connectivity index is 1.79. The number of fused-ring (bicyclic) bond motifs is 2. The molecule has 1 aliphatic heterocycles. The predicted octanol–water partition coefficient (Wildman–Crippen LogP) is 5.70. The van der Waals surface area contributed by atoms with Gasteiger partial charge in [0.25, 0.3) is 5.91 Å². The number of nitrogens with zero attached hydrogens (tertiary/aromatic N) is 2. The van der Waals surface area contributed by atoms with Crippen LogP contribution in [-0.4, -0.2) is 24.1 Å². The van der Waals surface area contributed by atoms with Gasteiger partial charge in [-0.2, -0.15) is 0 Å². The number of amides is 1. The Hall–Kier alpha value is -3.84. The first-order valence-electron chi connectivity index (χ1n) is 11.4. The minimum atomic E-state index is -0.777. The lowest BCUT2D eigenvalue weighted by Crippen LogP contribution is -2.30. The Morgan fingerprint density at radius 3 is 2.51 bits per heavy atom. The molecule has 5 rings (SSSR count). The molecule has 1 amide bonds. The van der Waals surface area contributed by atoms with Gasteiger partial charge in [0.05, 0.1) is 30.2 Å². The van der Waals surface area contributed by atoms with E-state index in [0.29, 0.717) is 52.1 Å². The summed E-state index contributed by atoms with van der Waals surface area (Å²) in [7, 11) is 0. The van der Waals surface area contributed by atoms with Gasteiger partial charge in [0.15, 0.2) is 16.9 Å². The number of carbonyl (C=O) groups excluding carboxylic acids is 1. The zero-order chi connectivity index (χ0) is 24.7. The summed E-state index contributed by atoms with van der Waals surface area (Å²) in [6, 6.07) is 14.8. The van der Waals surface area contributed by atoms with Gasteiger partial charge in [0.1, 0.15) is 11.4 Å². The van der Waals surface area contributed by atoms with Crippen molar-refractivity contribution < 1.29 is 18.7 Å². The number of rotatable bonds is 6. The van der Waals surface area contributed by atoms with Gasteiger partial charge < -0.3 is 13.9 Å². The number of aromatic nitrogens is 1. The summed E-state index contributed by atoms with van der Waals surface area (Å²) >= 11 is 6.17. The van der Waals surface area contributed by atoms with Crippen molar-refractivity contribution in [1.82, 2.24) is 4.98 Å². The quantitative estimate of drug-likeness (QED) is 0.345. The van der Waals surface area contributed by atoms with Crippen molar-refractivity contribution in [1.29, 1.82) is 0 Å². The maximum atomic E-state index is 13.8. The first-order valence-corrected chi connectivity index (χ1v) is 11.7. The van der Waals surface area contributed by atoms with Crippen LogP contribution in [0.3, 0.4) is 0 Å². The van der Waals surface area contributed by atoms with Crippen LogP contribution in [0.4, 0.5) is 5.82 Å². The summed E-state index contributed by atoms with van der Waals surface area (Å²) in [5.74, 6) is 1.08. The number of hydrogen-bond acceptors (Lipinski definition) is 6. The predicted molar refractivity (Wildman–Crippen MR) is 134 cm³/mol. The van der Waals surface area contributed by atoms with Crippen LogP contribution < -0.4 is 19.8 Å². The minimum Gasteiger partial charge on any atom is -0.490 e. The smallest absolute Gasteiger partial charge is 0.296 e. The lowest BCUT2D eigenvalue weighted by atomic mass is 9.98. The SMILES string of the molecule is CCOc1ccc(C2c3c(oc4ccc(Cl)cc4c3=O)C(=O)N2c2cccc(C)n2)cc1OCC. The van der Waals surface area contributed by atoms with E-state index >= 15 is 0 Å². The summed E-state index contributed by atoms with van der Waals surface area (Å²) in [4.78, 5) is 33.5. The number of aryl methyl sites for hydroxylation is 1. The summed E-state index contributed by atoms with van der Waals surface area (Å²) in [6.45, 7) is 6.51. The molecule has 0 fully saturated rings. The lowest BCUT2D eigenvalue weighted by Gasteiger charge is -2.25. The molecule has 1 unspecified atom stereocenters. The summed E-state index contributed by atoms with van der Waals surface area (Å²) in [5, 5.41) is 0.714. The number of hydrogen-bond donors (Lipinski definition) is 0. The second kappa shape index (κ2) is 9.07. The van der Waals surface area contributed by atoms with Gasteiger partial charge in [-0.3, -0.25) is 14.5 Å². The minimum absolute atomic E-state index is 0.00928. The van der Waals surface area contributed by atoms with E-state index in [1.807, 2.05) is 39.0 Å². The molecule has 4 aromatic rings. The van der Waals surface area contributed by atoms with Crippen molar-refractivity contribution in [3.8, 4) is 11.5 Å². The molecule has 0 saturated carbocycles. The highest BCUT2D eigenvalue weighted by Gasteiger charge is 2.44. The zero-order valence-corrected chi connectivity index (χ0v) is 20.3. The van der Waals surface area contributed by atoms with Gasteiger partial charge in [-0.25, -0.2) is 4.98 Å². The van der Waals surface area contributed by atoms with Gasteiger partial charge in [-0.1, -0.05) is 23.7 Å². The maximum Gasteiger partial charge on any atom is 0.296 e. The number of halogens is 1. The summed E-state index contributed by atoms with van der Waals surface area (Å²) < 4.78 is 17.5. The Morgan fingerprint density at radius 2 is 1.77 bits per heavy atom. The summed E-state index contributed by atoms with van der Waals surface area (Å²) in [6.07, 6.45) is 0. The van der Waals surface area contributed by atoms with E-state index < -0.39 is 11.9 Å². The second-order valence-electron chi connectivity index (χ2n) is 8.10. The highest BCUT2D eigenvalue weighted by atomic mass is 35.5. The normalized spacial score (nSPS) is 14.9. The number of carbonyl (C=O) groups is 1. The monoisotopic (exact) mass is 490 g/mol. The van der Waals surface area contributed by atoms with Crippen LogP contribution in [0.5, 0.6) is 11.5 Å². The molecule has 0 bridgehead atoms. The van der Waals surface area contributed by atoms with Crippen molar-refractivity contribution in [2.45, 2.75) is 26.8 Å². The molecule has 2 aromatic heterocycles. The standard InChI is InChI=1S/C27H23ClN2O5/c1-4-33-20-11-9-16(13-21(20)34-5-2)24-23-25(31)18-14-17(28)10-12-19(18)35-26(23)27(32)30(24)22-8-6-7-15(3)29-22/h6-14,24H,4-5H2,1-3H3. The number of anilines is 1. The number of benzene rings is 2. The van der Waals surface area contributed by atoms with E-state index in [1.54, 1.807) is 36.4 Å². The first-order chi connectivity index (χ1) is 16.9. The molecular formula is C27H23ClN2O5. The highest BCUT2D eigenvalue weighted by Crippen LogP contribution is 2.43. The Labute approximate surface area is 206 Å². The number of ether oxygens (including phenoxy) is 2. The van der Waals surface area contributed by atoms with Crippen LogP contribution in [0.1, 0.15) is 47.3 Å². The number of pyridine rings is 1. The topological polar surface area (TPSA) is 81.9 Å². The zero-order valence-electron chi connectivity index (χ0n) is 19.5. The van der Waals surface area contributed by atoms with E-state index in [1.165, 1.54) is 4.90 Å². The molecule has 1 aliphatic rings. The third kappa shape index (κ3) is 3.91. The molecule has 7 nitrogen and oxygen atoms in total. The molecule has 0 aliphatic carbocycles. The van der Waals surface area contributed by atoms with Gasteiger partial charge in [0.2, 0.25) is 5.76 Å². The van der Waals surface area contributed by atoms with E-state index in [2.05, 4.69) is 4.98 Å². The Kier molecular flexibility index (Phi) is 5.94.